The molecule has 0 bridgehead atoms. The predicted molar refractivity (Wildman–Crippen MR) is 58.4 cm³/mol. The Kier molecular flexibility index (Phi) is 2.84. The monoisotopic (exact) mass is 221 g/mol. The van der Waals surface area contributed by atoms with Crippen LogP contribution in [0, 0.1) is 13.8 Å². The number of hydrogen-bond donors (Lipinski definition) is 3. The minimum atomic E-state index is -0.409. The van der Waals surface area contributed by atoms with Gasteiger partial charge in [-0.2, -0.15) is 0 Å². The summed E-state index contributed by atoms with van der Waals surface area (Å²) in [4.78, 5) is 19.8. The number of nitrogens with one attached hydrogen (secondary N) is 2. The van der Waals surface area contributed by atoms with Gasteiger partial charge in [0.15, 0.2) is 0 Å². The van der Waals surface area contributed by atoms with Crippen molar-refractivity contribution in [2.75, 3.05) is 6.54 Å². The number of rotatable bonds is 2. The van der Waals surface area contributed by atoms with Gasteiger partial charge in [-0.1, -0.05) is 0 Å². The summed E-state index contributed by atoms with van der Waals surface area (Å²) in [6, 6.07) is -0.409. The van der Waals surface area contributed by atoms with Crippen molar-refractivity contribution in [2.45, 2.75) is 25.8 Å². The Bertz CT molecular complexity index is 420. The summed E-state index contributed by atoms with van der Waals surface area (Å²) >= 11 is 0. The normalized spacial score (nSPS) is 24.6. The van der Waals surface area contributed by atoms with E-state index in [9.17, 15) is 4.79 Å². The average Bonchev–Trinajstić information content (AvgIpc) is 2.70. The molecular formula is C10H15N5O. The molecule has 2 heterocycles. The van der Waals surface area contributed by atoms with Gasteiger partial charge in [-0.3, -0.25) is 10.2 Å². The van der Waals surface area contributed by atoms with E-state index in [2.05, 4.69) is 20.8 Å². The molecule has 1 aliphatic rings. The lowest BCUT2D eigenvalue weighted by Gasteiger charge is -2.16. The van der Waals surface area contributed by atoms with E-state index in [4.69, 9.17) is 5.73 Å². The molecule has 2 rings (SSSR count). The highest BCUT2D eigenvalue weighted by atomic mass is 16.1. The minimum absolute atomic E-state index is 0.0285. The van der Waals surface area contributed by atoms with Crippen LogP contribution in [0.15, 0.2) is 6.20 Å². The summed E-state index contributed by atoms with van der Waals surface area (Å²) in [7, 11) is 0. The molecule has 6 heteroatoms. The zero-order valence-corrected chi connectivity index (χ0v) is 9.32. The third-order valence-electron chi connectivity index (χ3n) is 2.77. The van der Waals surface area contributed by atoms with Gasteiger partial charge in [0, 0.05) is 18.7 Å². The number of primary amides is 1. The standard InChI is InChI=1S/C10H15N5O/c1-5-3-12-6(2)14-8(5)7-4-13-15-9(7)10(11)16/h3,7,9,13,15H,4H2,1-2H3,(H2,11,16). The van der Waals surface area contributed by atoms with Gasteiger partial charge in [0.05, 0.1) is 5.69 Å². The van der Waals surface area contributed by atoms with Crippen molar-refractivity contribution in [3.63, 3.8) is 0 Å². The summed E-state index contributed by atoms with van der Waals surface area (Å²) in [6.07, 6.45) is 1.77. The quantitative estimate of drug-likeness (QED) is 0.604. The van der Waals surface area contributed by atoms with Gasteiger partial charge in [0.25, 0.3) is 0 Å². The molecule has 0 aliphatic carbocycles. The molecule has 16 heavy (non-hydrogen) atoms. The van der Waals surface area contributed by atoms with E-state index in [1.807, 2.05) is 13.8 Å². The number of hydrazine groups is 1. The Balaban J connectivity index is 2.35. The molecule has 1 saturated heterocycles. The maximum absolute atomic E-state index is 11.3. The highest BCUT2D eigenvalue weighted by Gasteiger charge is 2.34. The Hall–Kier alpha value is -1.53. The number of nitrogens with two attached hydrogens (primary N) is 1. The number of hydrogen-bond acceptors (Lipinski definition) is 5. The Labute approximate surface area is 93.6 Å². The van der Waals surface area contributed by atoms with Gasteiger partial charge < -0.3 is 5.73 Å². The second-order valence-electron chi connectivity index (χ2n) is 4.00. The van der Waals surface area contributed by atoms with Gasteiger partial charge >= 0.3 is 0 Å². The Morgan fingerprint density at radius 2 is 2.31 bits per heavy atom. The van der Waals surface area contributed by atoms with Crippen LogP contribution < -0.4 is 16.6 Å². The van der Waals surface area contributed by atoms with Gasteiger partial charge in [-0.25, -0.2) is 15.4 Å². The lowest BCUT2D eigenvalue weighted by atomic mass is 9.95. The van der Waals surface area contributed by atoms with Gasteiger partial charge in [-0.05, 0) is 19.4 Å². The van der Waals surface area contributed by atoms with Crippen molar-refractivity contribution < 1.29 is 4.79 Å². The molecule has 2 unspecified atom stereocenters. The fraction of sp³-hybridized carbons (Fsp3) is 0.500. The molecule has 0 saturated carbocycles. The SMILES string of the molecule is Cc1ncc(C)c(C2CNNC2C(N)=O)n1. The van der Waals surface area contributed by atoms with Gasteiger partial charge in [0.2, 0.25) is 5.91 Å². The van der Waals surface area contributed by atoms with Crippen LogP contribution in [0.25, 0.3) is 0 Å². The number of nitrogens with zero attached hydrogens (tertiary/aromatic N) is 2. The third-order valence-corrected chi connectivity index (χ3v) is 2.77. The van der Waals surface area contributed by atoms with Gasteiger partial charge in [0.1, 0.15) is 11.9 Å². The number of amides is 1. The summed E-state index contributed by atoms with van der Waals surface area (Å²) in [5.41, 5.74) is 13.0. The number of carbonyl (C=O) groups excluding carboxylic acids is 1. The highest BCUT2D eigenvalue weighted by Crippen LogP contribution is 2.22. The first-order chi connectivity index (χ1) is 7.59. The number of aryl methyl sites for hydroxylation is 2. The van der Waals surface area contributed by atoms with E-state index < -0.39 is 6.04 Å². The lowest BCUT2D eigenvalue weighted by Crippen LogP contribution is -2.42. The van der Waals surface area contributed by atoms with Crippen molar-refractivity contribution in [3.8, 4) is 0 Å². The largest absolute Gasteiger partial charge is 0.368 e. The van der Waals surface area contributed by atoms with E-state index in [-0.39, 0.29) is 11.8 Å². The van der Waals surface area contributed by atoms with Crippen molar-refractivity contribution in [3.05, 3.63) is 23.3 Å². The molecule has 4 N–H and O–H groups in total. The average molecular weight is 221 g/mol. The van der Waals surface area contributed by atoms with Crippen molar-refractivity contribution in [1.82, 2.24) is 20.8 Å². The van der Waals surface area contributed by atoms with Crippen LogP contribution in [0.4, 0.5) is 0 Å². The lowest BCUT2D eigenvalue weighted by molar-refractivity contribution is -0.120. The Morgan fingerprint density at radius 1 is 1.56 bits per heavy atom. The van der Waals surface area contributed by atoms with Crippen LogP contribution in [0.2, 0.25) is 0 Å². The first-order valence-corrected chi connectivity index (χ1v) is 5.17. The van der Waals surface area contributed by atoms with Crippen molar-refractivity contribution >= 4 is 5.91 Å². The van der Waals surface area contributed by atoms with Crippen LogP contribution in [0.3, 0.4) is 0 Å². The molecule has 1 aliphatic heterocycles. The smallest absolute Gasteiger partial charge is 0.236 e. The molecule has 6 nitrogen and oxygen atoms in total. The fourth-order valence-corrected chi connectivity index (χ4v) is 1.94. The fourth-order valence-electron chi connectivity index (χ4n) is 1.94. The van der Waals surface area contributed by atoms with Crippen LogP contribution in [-0.2, 0) is 4.79 Å². The van der Waals surface area contributed by atoms with Crippen molar-refractivity contribution in [2.24, 2.45) is 5.73 Å². The third kappa shape index (κ3) is 1.89. The Morgan fingerprint density at radius 3 is 3.00 bits per heavy atom. The summed E-state index contributed by atoms with van der Waals surface area (Å²) in [6.45, 7) is 4.41. The van der Waals surface area contributed by atoms with Crippen LogP contribution in [0.1, 0.15) is 23.0 Å². The molecule has 1 fully saturated rings. The second-order valence-corrected chi connectivity index (χ2v) is 4.00. The molecular weight excluding hydrogens is 206 g/mol. The molecule has 1 amide bonds. The number of carbonyl (C=O) groups is 1. The van der Waals surface area contributed by atoms with Crippen LogP contribution in [0.5, 0.6) is 0 Å². The van der Waals surface area contributed by atoms with Crippen molar-refractivity contribution in [1.29, 1.82) is 0 Å². The number of aromatic nitrogens is 2. The van der Waals surface area contributed by atoms with Gasteiger partial charge in [-0.15, -0.1) is 0 Å². The molecule has 2 atom stereocenters. The molecule has 1 aromatic rings. The first kappa shape index (κ1) is 11.0. The molecule has 0 radical (unpaired) electrons. The van der Waals surface area contributed by atoms with Crippen LogP contribution in [-0.4, -0.2) is 28.5 Å². The van der Waals surface area contributed by atoms with E-state index in [1.54, 1.807) is 6.20 Å². The van der Waals surface area contributed by atoms with E-state index in [1.165, 1.54) is 0 Å². The van der Waals surface area contributed by atoms with E-state index >= 15 is 0 Å². The topological polar surface area (TPSA) is 92.9 Å². The molecule has 86 valence electrons. The zero-order valence-electron chi connectivity index (χ0n) is 9.32. The summed E-state index contributed by atoms with van der Waals surface area (Å²) < 4.78 is 0. The zero-order chi connectivity index (χ0) is 11.7. The first-order valence-electron chi connectivity index (χ1n) is 5.17. The minimum Gasteiger partial charge on any atom is -0.368 e. The van der Waals surface area contributed by atoms with Crippen LogP contribution >= 0.6 is 0 Å². The summed E-state index contributed by atoms with van der Waals surface area (Å²) in [5, 5.41) is 0. The summed E-state index contributed by atoms with van der Waals surface area (Å²) in [5.74, 6) is 0.306. The molecule has 1 aromatic heterocycles. The highest BCUT2D eigenvalue weighted by molar-refractivity contribution is 5.81. The van der Waals surface area contributed by atoms with E-state index in [0.717, 1.165) is 11.3 Å². The van der Waals surface area contributed by atoms with E-state index in [0.29, 0.717) is 12.4 Å². The molecule has 0 spiro atoms. The maximum atomic E-state index is 11.3. The maximum Gasteiger partial charge on any atom is 0.236 e. The second kappa shape index (κ2) is 4.15. The predicted octanol–water partition coefficient (Wildman–Crippen LogP) is -0.861. The molecule has 0 aromatic carbocycles.